The van der Waals surface area contributed by atoms with Crippen molar-refractivity contribution in [2.45, 2.75) is 39.2 Å². The van der Waals surface area contributed by atoms with E-state index in [1.54, 1.807) is 0 Å². The van der Waals surface area contributed by atoms with Gasteiger partial charge < -0.3 is 15.8 Å². The summed E-state index contributed by atoms with van der Waals surface area (Å²) in [6.45, 7) is 4.67. The highest BCUT2D eigenvalue weighted by atomic mass is 16.5. The molecule has 1 rings (SSSR count). The van der Waals surface area contributed by atoms with Gasteiger partial charge >= 0.3 is 0 Å². The molecule has 1 unspecified atom stereocenters. The lowest BCUT2D eigenvalue weighted by atomic mass is 10.2. The molecule has 0 aliphatic carbocycles. The third kappa shape index (κ3) is 5.57. The van der Waals surface area contributed by atoms with Crippen LogP contribution in [0.5, 0.6) is 5.75 Å². The van der Waals surface area contributed by atoms with E-state index in [2.05, 4.69) is 19.2 Å². The van der Waals surface area contributed by atoms with Gasteiger partial charge in [-0.15, -0.1) is 0 Å². The molecular weight excluding hydrogens is 228 g/mol. The van der Waals surface area contributed by atoms with Crippen LogP contribution in [0.4, 0.5) is 5.69 Å². The van der Waals surface area contributed by atoms with E-state index >= 15 is 0 Å². The molecule has 4 nitrogen and oxygen atoms in total. The van der Waals surface area contributed by atoms with Gasteiger partial charge in [0, 0.05) is 11.7 Å². The first-order valence-corrected chi connectivity index (χ1v) is 6.39. The molecule has 0 radical (unpaired) electrons. The lowest BCUT2D eigenvalue weighted by Crippen LogP contribution is -2.15. The Balaban J connectivity index is 2.39. The molecule has 1 aromatic carbocycles. The van der Waals surface area contributed by atoms with Crippen molar-refractivity contribution in [2.75, 3.05) is 11.9 Å². The van der Waals surface area contributed by atoms with E-state index in [0.717, 1.165) is 17.9 Å². The summed E-state index contributed by atoms with van der Waals surface area (Å²) in [4.78, 5) is 10.6. The van der Waals surface area contributed by atoms with Gasteiger partial charge in [-0.25, -0.2) is 0 Å². The molecule has 0 heterocycles. The van der Waals surface area contributed by atoms with Crippen molar-refractivity contribution in [1.29, 1.82) is 0 Å². The zero-order valence-corrected chi connectivity index (χ0v) is 11.1. The van der Waals surface area contributed by atoms with E-state index in [9.17, 15) is 4.79 Å². The Morgan fingerprint density at radius 3 is 2.61 bits per heavy atom. The number of carbonyl (C=O) groups is 1. The average Bonchev–Trinajstić information content (AvgIpc) is 2.31. The third-order valence-corrected chi connectivity index (χ3v) is 2.61. The Morgan fingerprint density at radius 2 is 2.06 bits per heavy atom. The number of hydrogen-bond acceptors (Lipinski definition) is 3. The fourth-order valence-corrected chi connectivity index (χ4v) is 1.71. The summed E-state index contributed by atoms with van der Waals surface area (Å²) >= 11 is 0. The van der Waals surface area contributed by atoms with E-state index in [1.165, 1.54) is 6.42 Å². The second-order valence-electron chi connectivity index (χ2n) is 4.42. The Kier molecular flexibility index (Phi) is 6.05. The van der Waals surface area contributed by atoms with Crippen molar-refractivity contribution < 1.29 is 9.53 Å². The van der Waals surface area contributed by atoms with E-state index in [-0.39, 0.29) is 12.3 Å². The van der Waals surface area contributed by atoms with Crippen LogP contribution in [-0.4, -0.2) is 18.6 Å². The maximum atomic E-state index is 10.6. The van der Waals surface area contributed by atoms with E-state index in [0.29, 0.717) is 12.6 Å². The van der Waals surface area contributed by atoms with Crippen LogP contribution in [0.15, 0.2) is 24.3 Å². The van der Waals surface area contributed by atoms with Crippen molar-refractivity contribution in [1.82, 2.24) is 0 Å². The monoisotopic (exact) mass is 250 g/mol. The Morgan fingerprint density at radius 1 is 1.39 bits per heavy atom. The van der Waals surface area contributed by atoms with Gasteiger partial charge in [-0.3, -0.25) is 4.79 Å². The molecule has 0 bridgehead atoms. The number of carbonyl (C=O) groups excluding carboxylic acids is 1. The smallest absolute Gasteiger partial charge is 0.220 e. The minimum atomic E-state index is -0.346. The standard InChI is InChI=1S/C14H22N2O2/c1-3-4-11(2)16-12-5-7-13(8-6-12)18-10-9-14(15)17/h5-8,11,16H,3-4,9-10H2,1-2H3,(H2,15,17). The lowest BCUT2D eigenvalue weighted by Gasteiger charge is -2.14. The highest BCUT2D eigenvalue weighted by molar-refractivity contribution is 5.73. The van der Waals surface area contributed by atoms with Crippen molar-refractivity contribution in [2.24, 2.45) is 5.73 Å². The number of ether oxygens (including phenoxy) is 1. The molecule has 1 atom stereocenters. The van der Waals surface area contributed by atoms with Gasteiger partial charge in [-0.2, -0.15) is 0 Å². The quantitative estimate of drug-likeness (QED) is 0.745. The number of hydrogen-bond donors (Lipinski definition) is 2. The van der Waals surface area contributed by atoms with Crippen LogP contribution in [0.25, 0.3) is 0 Å². The van der Waals surface area contributed by atoms with Gasteiger partial charge in [0.15, 0.2) is 0 Å². The number of primary amides is 1. The summed E-state index contributed by atoms with van der Waals surface area (Å²) in [5, 5.41) is 3.41. The minimum absolute atomic E-state index is 0.244. The second kappa shape index (κ2) is 7.58. The van der Waals surface area contributed by atoms with Gasteiger partial charge in [-0.1, -0.05) is 13.3 Å². The molecule has 0 saturated carbocycles. The average molecular weight is 250 g/mol. The lowest BCUT2D eigenvalue weighted by molar-refractivity contribution is -0.118. The van der Waals surface area contributed by atoms with Crippen LogP contribution in [0.1, 0.15) is 33.1 Å². The number of rotatable bonds is 8. The van der Waals surface area contributed by atoms with E-state index < -0.39 is 0 Å². The third-order valence-electron chi connectivity index (χ3n) is 2.61. The minimum Gasteiger partial charge on any atom is -0.493 e. The van der Waals surface area contributed by atoms with Gasteiger partial charge in [0.05, 0.1) is 13.0 Å². The fourth-order valence-electron chi connectivity index (χ4n) is 1.71. The highest BCUT2D eigenvalue weighted by Crippen LogP contribution is 2.17. The molecule has 18 heavy (non-hydrogen) atoms. The first-order valence-electron chi connectivity index (χ1n) is 6.39. The molecular formula is C14H22N2O2. The molecule has 0 aliphatic heterocycles. The molecule has 1 aromatic rings. The van der Waals surface area contributed by atoms with Gasteiger partial charge in [0.25, 0.3) is 0 Å². The first-order chi connectivity index (χ1) is 8.61. The number of benzene rings is 1. The fraction of sp³-hybridized carbons (Fsp3) is 0.500. The van der Waals surface area contributed by atoms with Crippen LogP contribution in [0, 0.1) is 0 Å². The number of amides is 1. The topological polar surface area (TPSA) is 64.3 Å². The van der Waals surface area contributed by atoms with Crippen LogP contribution in [-0.2, 0) is 4.79 Å². The van der Waals surface area contributed by atoms with Crippen molar-refractivity contribution in [3.05, 3.63) is 24.3 Å². The van der Waals surface area contributed by atoms with Crippen molar-refractivity contribution in [3.63, 3.8) is 0 Å². The summed E-state index contributed by atoms with van der Waals surface area (Å²) in [6.07, 6.45) is 2.56. The number of nitrogens with one attached hydrogen (secondary N) is 1. The van der Waals surface area contributed by atoms with Crippen LogP contribution >= 0.6 is 0 Å². The zero-order chi connectivity index (χ0) is 13.4. The van der Waals surface area contributed by atoms with E-state index in [1.807, 2.05) is 24.3 Å². The summed E-state index contributed by atoms with van der Waals surface area (Å²) < 4.78 is 5.40. The predicted molar refractivity (Wildman–Crippen MR) is 73.7 cm³/mol. The number of anilines is 1. The first kappa shape index (κ1) is 14.4. The van der Waals surface area contributed by atoms with Gasteiger partial charge in [-0.05, 0) is 37.6 Å². The Hall–Kier alpha value is -1.71. The molecule has 4 heteroatoms. The molecule has 100 valence electrons. The molecule has 0 aliphatic rings. The Labute approximate surface area is 109 Å². The Bertz CT molecular complexity index is 363. The summed E-state index contributed by atoms with van der Waals surface area (Å²) in [5.41, 5.74) is 6.12. The van der Waals surface area contributed by atoms with Crippen LogP contribution < -0.4 is 15.8 Å². The summed E-state index contributed by atoms with van der Waals surface area (Å²) in [5.74, 6) is 0.409. The zero-order valence-electron chi connectivity index (χ0n) is 11.1. The van der Waals surface area contributed by atoms with Gasteiger partial charge in [0.1, 0.15) is 5.75 Å². The van der Waals surface area contributed by atoms with Crippen molar-refractivity contribution in [3.8, 4) is 5.75 Å². The van der Waals surface area contributed by atoms with Crippen LogP contribution in [0.2, 0.25) is 0 Å². The summed E-state index contributed by atoms with van der Waals surface area (Å²) in [6, 6.07) is 8.21. The normalized spacial score (nSPS) is 11.9. The van der Waals surface area contributed by atoms with E-state index in [4.69, 9.17) is 10.5 Å². The SMILES string of the molecule is CCCC(C)Nc1ccc(OCCC(N)=O)cc1. The maximum Gasteiger partial charge on any atom is 0.220 e. The molecule has 3 N–H and O–H groups in total. The van der Waals surface area contributed by atoms with Gasteiger partial charge in [0.2, 0.25) is 5.91 Å². The second-order valence-corrected chi connectivity index (χ2v) is 4.42. The largest absolute Gasteiger partial charge is 0.493 e. The summed E-state index contributed by atoms with van der Waals surface area (Å²) in [7, 11) is 0. The number of nitrogens with two attached hydrogens (primary N) is 1. The molecule has 0 fully saturated rings. The van der Waals surface area contributed by atoms with Crippen LogP contribution in [0.3, 0.4) is 0 Å². The maximum absolute atomic E-state index is 10.6. The molecule has 0 saturated heterocycles. The molecule has 0 aromatic heterocycles. The highest BCUT2D eigenvalue weighted by Gasteiger charge is 2.01. The van der Waals surface area contributed by atoms with Crippen molar-refractivity contribution >= 4 is 11.6 Å². The molecule has 1 amide bonds. The molecule has 0 spiro atoms. The predicted octanol–water partition coefficient (Wildman–Crippen LogP) is 2.54.